The van der Waals surface area contributed by atoms with Crippen molar-refractivity contribution in [2.75, 3.05) is 7.05 Å². The summed E-state index contributed by atoms with van der Waals surface area (Å²) < 4.78 is 5.88. The molecule has 0 fully saturated rings. The van der Waals surface area contributed by atoms with Crippen LogP contribution in [0.2, 0.25) is 5.02 Å². The van der Waals surface area contributed by atoms with Crippen LogP contribution in [0.25, 0.3) is 0 Å². The summed E-state index contributed by atoms with van der Waals surface area (Å²) in [5, 5.41) is 3.76. The Bertz CT molecular complexity index is 540. The number of ether oxygens (including phenoxy) is 1. The molecule has 0 unspecified atom stereocenters. The van der Waals surface area contributed by atoms with Gasteiger partial charge in [0.2, 0.25) is 0 Å². The third-order valence-electron chi connectivity index (χ3n) is 2.64. The lowest BCUT2D eigenvalue weighted by Crippen LogP contribution is -2.06. The second-order valence-corrected chi connectivity index (χ2v) is 4.58. The highest BCUT2D eigenvalue weighted by Gasteiger charge is 2.07. The maximum Gasteiger partial charge on any atom is 0.146 e. The average Bonchev–Trinajstić information content (AvgIpc) is 2.35. The molecule has 0 bridgehead atoms. The number of nitrogens with one attached hydrogen (secondary N) is 1. The molecule has 1 N–H and O–H groups in total. The van der Waals surface area contributed by atoms with Crippen LogP contribution in [0.1, 0.15) is 11.1 Å². The topological polar surface area (TPSA) is 21.3 Å². The minimum absolute atomic E-state index is 0.619. The molecule has 0 aliphatic carbocycles. The zero-order valence-electron chi connectivity index (χ0n) is 10.5. The van der Waals surface area contributed by atoms with E-state index in [4.69, 9.17) is 16.3 Å². The van der Waals surface area contributed by atoms with Gasteiger partial charge in [0.25, 0.3) is 0 Å². The van der Waals surface area contributed by atoms with E-state index >= 15 is 0 Å². The second-order valence-electron chi connectivity index (χ2n) is 4.17. The van der Waals surface area contributed by atoms with Gasteiger partial charge in [0.15, 0.2) is 0 Å². The molecular formula is C15H16ClNO. The van der Waals surface area contributed by atoms with Crippen LogP contribution in [0.5, 0.6) is 11.5 Å². The van der Waals surface area contributed by atoms with Gasteiger partial charge in [0, 0.05) is 12.1 Å². The summed E-state index contributed by atoms with van der Waals surface area (Å²) in [6.07, 6.45) is 0. The highest BCUT2D eigenvalue weighted by molar-refractivity contribution is 6.32. The molecule has 0 heterocycles. The molecule has 0 amide bonds. The van der Waals surface area contributed by atoms with E-state index in [1.165, 1.54) is 5.56 Å². The van der Waals surface area contributed by atoms with E-state index in [1.807, 2.05) is 43.4 Å². The van der Waals surface area contributed by atoms with E-state index in [0.29, 0.717) is 10.8 Å². The highest BCUT2D eigenvalue weighted by Crippen LogP contribution is 2.31. The third kappa shape index (κ3) is 3.03. The molecule has 0 saturated heterocycles. The number of hydrogen-bond donors (Lipinski definition) is 1. The number of para-hydroxylation sites is 1. The molecule has 0 spiro atoms. The Morgan fingerprint density at radius 3 is 2.61 bits per heavy atom. The maximum absolute atomic E-state index is 6.09. The van der Waals surface area contributed by atoms with Gasteiger partial charge >= 0.3 is 0 Å². The monoisotopic (exact) mass is 261 g/mol. The molecule has 18 heavy (non-hydrogen) atoms. The van der Waals surface area contributed by atoms with E-state index in [1.54, 1.807) is 0 Å². The number of benzene rings is 2. The Morgan fingerprint density at radius 1 is 1.11 bits per heavy atom. The van der Waals surface area contributed by atoms with Gasteiger partial charge in [-0.1, -0.05) is 41.4 Å². The first-order valence-corrected chi connectivity index (χ1v) is 6.25. The molecule has 3 heteroatoms. The standard InChI is InChI=1S/C15H16ClNO/c1-11-7-8-14(12(9-11)10-17-2)18-15-6-4-3-5-13(15)16/h3-9,17H,10H2,1-2H3. The zero-order valence-corrected chi connectivity index (χ0v) is 11.3. The van der Waals surface area contributed by atoms with Crippen molar-refractivity contribution in [3.63, 3.8) is 0 Å². The Hall–Kier alpha value is -1.51. The lowest BCUT2D eigenvalue weighted by Gasteiger charge is -2.12. The maximum atomic E-state index is 6.09. The Balaban J connectivity index is 2.31. The Labute approximate surface area is 113 Å². The molecule has 0 aromatic heterocycles. The lowest BCUT2D eigenvalue weighted by molar-refractivity contribution is 0.474. The Kier molecular flexibility index (Phi) is 4.24. The van der Waals surface area contributed by atoms with Gasteiger partial charge in [-0.05, 0) is 32.2 Å². The number of aryl methyl sites for hydroxylation is 1. The molecule has 2 aromatic carbocycles. The van der Waals surface area contributed by atoms with Crippen molar-refractivity contribution in [1.82, 2.24) is 5.32 Å². The predicted molar refractivity (Wildman–Crippen MR) is 75.5 cm³/mol. The van der Waals surface area contributed by atoms with Gasteiger partial charge in [-0.25, -0.2) is 0 Å². The molecule has 2 rings (SSSR count). The fraction of sp³-hybridized carbons (Fsp3) is 0.200. The fourth-order valence-electron chi connectivity index (χ4n) is 1.78. The summed E-state index contributed by atoms with van der Waals surface area (Å²) in [6, 6.07) is 13.6. The van der Waals surface area contributed by atoms with Crippen LogP contribution in [0.3, 0.4) is 0 Å². The van der Waals surface area contributed by atoms with Crippen LogP contribution < -0.4 is 10.1 Å². The fourth-order valence-corrected chi connectivity index (χ4v) is 1.96. The first-order chi connectivity index (χ1) is 8.70. The van der Waals surface area contributed by atoms with E-state index < -0.39 is 0 Å². The van der Waals surface area contributed by atoms with Crippen LogP contribution in [0.15, 0.2) is 42.5 Å². The summed E-state index contributed by atoms with van der Waals surface area (Å²) >= 11 is 6.09. The largest absolute Gasteiger partial charge is 0.455 e. The van der Waals surface area contributed by atoms with Crippen LogP contribution in [-0.2, 0) is 6.54 Å². The Morgan fingerprint density at radius 2 is 1.89 bits per heavy atom. The van der Waals surface area contributed by atoms with Gasteiger partial charge in [-0.2, -0.15) is 0 Å². The van der Waals surface area contributed by atoms with Crippen molar-refractivity contribution < 1.29 is 4.74 Å². The van der Waals surface area contributed by atoms with Crippen molar-refractivity contribution in [3.05, 3.63) is 58.6 Å². The molecule has 2 aromatic rings. The van der Waals surface area contributed by atoms with Gasteiger partial charge in [0.1, 0.15) is 11.5 Å². The minimum atomic E-state index is 0.619. The minimum Gasteiger partial charge on any atom is -0.455 e. The van der Waals surface area contributed by atoms with E-state index in [9.17, 15) is 0 Å². The highest BCUT2D eigenvalue weighted by atomic mass is 35.5. The smallest absolute Gasteiger partial charge is 0.146 e. The van der Waals surface area contributed by atoms with Crippen LogP contribution in [-0.4, -0.2) is 7.05 Å². The molecule has 0 aliphatic heterocycles. The summed E-state index contributed by atoms with van der Waals surface area (Å²) in [5.74, 6) is 1.52. The first-order valence-electron chi connectivity index (χ1n) is 5.87. The van der Waals surface area contributed by atoms with Crippen LogP contribution >= 0.6 is 11.6 Å². The molecule has 2 nitrogen and oxygen atoms in total. The van der Waals surface area contributed by atoms with Crippen LogP contribution in [0.4, 0.5) is 0 Å². The van der Waals surface area contributed by atoms with Crippen molar-refractivity contribution in [2.24, 2.45) is 0 Å². The summed E-state index contributed by atoms with van der Waals surface area (Å²) in [7, 11) is 1.92. The van der Waals surface area contributed by atoms with E-state index in [0.717, 1.165) is 17.9 Å². The number of rotatable bonds is 4. The van der Waals surface area contributed by atoms with Crippen molar-refractivity contribution in [2.45, 2.75) is 13.5 Å². The van der Waals surface area contributed by atoms with Gasteiger partial charge < -0.3 is 10.1 Å². The second kappa shape index (κ2) is 5.89. The normalized spacial score (nSPS) is 10.4. The zero-order chi connectivity index (χ0) is 13.0. The lowest BCUT2D eigenvalue weighted by atomic mass is 10.1. The first kappa shape index (κ1) is 12.9. The van der Waals surface area contributed by atoms with Crippen molar-refractivity contribution >= 4 is 11.6 Å². The van der Waals surface area contributed by atoms with Gasteiger partial charge in [-0.3, -0.25) is 0 Å². The molecule has 94 valence electrons. The van der Waals surface area contributed by atoms with Gasteiger partial charge in [-0.15, -0.1) is 0 Å². The van der Waals surface area contributed by atoms with Gasteiger partial charge in [0.05, 0.1) is 5.02 Å². The average molecular weight is 262 g/mol. The van der Waals surface area contributed by atoms with Crippen molar-refractivity contribution in [3.8, 4) is 11.5 Å². The summed E-state index contributed by atoms with van der Waals surface area (Å²) in [5.41, 5.74) is 2.34. The molecular weight excluding hydrogens is 246 g/mol. The summed E-state index contributed by atoms with van der Waals surface area (Å²) in [6.45, 7) is 2.83. The predicted octanol–water partition coefficient (Wildman–Crippen LogP) is 4.16. The molecule has 0 atom stereocenters. The summed E-state index contributed by atoms with van der Waals surface area (Å²) in [4.78, 5) is 0. The van der Waals surface area contributed by atoms with Crippen LogP contribution in [0, 0.1) is 6.92 Å². The third-order valence-corrected chi connectivity index (χ3v) is 2.95. The molecule has 0 aliphatic rings. The number of hydrogen-bond acceptors (Lipinski definition) is 2. The quantitative estimate of drug-likeness (QED) is 0.892. The van der Waals surface area contributed by atoms with E-state index in [-0.39, 0.29) is 0 Å². The molecule has 0 radical (unpaired) electrons. The van der Waals surface area contributed by atoms with Crippen molar-refractivity contribution in [1.29, 1.82) is 0 Å². The molecule has 0 saturated carbocycles. The van der Waals surface area contributed by atoms with E-state index in [2.05, 4.69) is 18.3 Å². The SMILES string of the molecule is CNCc1cc(C)ccc1Oc1ccccc1Cl. The number of halogens is 1.